The number of imidazole rings is 1. The van der Waals surface area contributed by atoms with Crippen molar-refractivity contribution in [2.45, 2.75) is 58.4 Å². The highest BCUT2D eigenvalue weighted by Crippen LogP contribution is 2.46. The normalized spacial score (nSPS) is 19.0. The summed E-state index contributed by atoms with van der Waals surface area (Å²) in [5, 5.41) is -0.0847. The molecule has 3 nitrogen and oxygen atoms in total. The molecule has 0 radical (unpaired) electrons. The zero-order valence-electron chi connectivity index (χ0n) is 12.5. The van der Waals surface area contributed by atoms with Gasteiger partial charge in [-0.3, -0.25) is 0 Å². The molecular weight excluding hydrogens is 270 g/mol. The van der Waals surface area contributed by atoms with Gasteiger partial charge < -0.3 is 4.57 Å². The van der Waals surface area contributed by atoms with Gasteiger partial charge in [0.05, 0.1) is 5.38 Å². The zero-order valence-corrected chi connectivity index (χ0v) is 13.2. The van der Waals surface area contributed by atoms with E-state index in [1.54, 1.807) is 0 Å². The first-order valence-electron chi connectivity index (χ1n) is 7.51. The smallest absolute Gasteiger partial charge is 0.160 e. The van der Waals surface area contributed by atoms with Crippen LogP contribution in [-0.2, 0) is 6.54 Å². The average Bonchev–Trinajstić information content (AvgIpc) is 2.71. The van der Waals surface area contributed by atoms with Crippen molar-refractivity contribution in [3.63, 3.8) is 0 Å². The van der Waals surface area contributed by atoms with E-state index < -0.39 is 0 Å². The molecule has 3 rings (SSSR count). The summed E-state index contributed by atoms with van der Waals surface area (Å²) in [5.74, 6) is 0.958. The Morgan fingerprint density at radius 2 is 2.20 bits per heavy atom. The molecule has 0 N–H and O–H groups in total. The van der Waals surface area contributed by atoms with Gasteiger partial charge in [-0.1, -0.05) is 13.3 Å². The number of halogens is 1. The molecular formula is C16H22ClN3. The van der Waals surface area contributed by atoms with Crippen LogP contribution in [0.2, 0.25) is 0 Å². The summed E-state index contributed by atoms with van der Waals surface area (Å²) in [6, 6.07) is 2.10. The van der Waals surface area contributed by atoms with Crippen molar-refractivity contribution in [2.24, 2.45) is 5.41 Å². The molecule has 1 fully saturated rings. The second kappa shape index (κ2) is 5.03. The van der Waals surface area contributed by atoms with Gasteiger partial charge in [0.2, 0.25) is 0 Å². The molecule has 1 atom stereocenters. The average molecular weight is 292 g/mol. The van der Waals surface area contributed by atoms with Crippen molar-refractivity contribution in [1.82, 2.24) is 14.5 Å². The third-order valence-corrected chi connectivity index (χ3v) is 4.96. The maximum Gasteiger partial charge on any atom is 0.160 e. The number of rotatable bonds is 4. The first-order chi connectivity index (χ1) is 9.54. The Kier molecular flexibility index (Phi) is 3.49. The maximum atomic E-state index is 6.34. The van der Waals surface area contributed by atoms with E-state index in [0.717, 1.165) is 29.1 Å². The van der Waals surface area contributed by atoms with Crippen LogP contribution in [0.15, 0.2) is 12.3 Å². The first kappa shape index (κ1) is 13.9. The minimum atomic E-state index is -0.0847. The molecule has 4 heteroatoms. The number of aromatic nitrogens is 3. The fourth-order valence-electron chi connectivity index (χ4n) is 3.22. The number of alkyl halides is 1. The van der Waals surface area contributed by atoms with Crippen LogP contribution in [0.1, 0.15) is 56.3 Å². The Labute approximate surface area is 125 Å². The first-order valence-corrected chi connectivity index (χ1v) is 7.95. The number of aryl methyl sites for hydroxylation is 1. The molecule has 1 unspecified atom stereocenters. The lowest BCUT2D eigenvalue weighted by Gasteiger charge is -2.42. The highest BCUT2D eigenvalue weighted by Gasteiger charge is 2.36. The maximum absolute atomic E-state index is 6.34. The lowest BCUT2D eigenvalue weighted by Crippen LogP contribution is -2.34. The Hall–Kier alpha value is -1.09. The second-order valence-electron chi connectivity index (χ2n) is 6.23. The van der Waals surface area contributed by atoms with E-state index in [9.17, 15) is 0 Å². The van der Waals surface area contributed by atoms with Crippen LogP contribution in [-0.4, -0.2) is 14.5 Å². The van der Waals surface area contributed by atoms with E-state index in [1.165, 1.54) is 25.7 Å². The van der Waals surface area contributed by atoms with Crippen LogP contribution in [0.3, 0.4) is 0 Å². The van der Waals surface area contributed by atoms with E-state index in [4.69, 9.17) is 16.6 Å². The summed E-state index contributed by atoms with van der Waals surface area (Å²) in [7, 11) is 0. The van der Waals surface area contributed by atoms with Crippen molar-refractivity contribution in [3.8, 4) is 0 Å². The Morgan fingerprint density at radius 1 is 1.45 bits per heavy atom. The predicted octanol–water partition coefficient (Wildman–Crippen LogP) is 4.62. The third-order valence-electron chi connectivity index (χ3n) is 4.76. The molecule has 0 amide bonds. The van der Waals surface area contributed by atoms with Crippen LogP contribution < -0.4 is 0 Å². The highest BCUT2D eigenvalue weighted by atomic mass is 35.5. The standard InChI is InChI=1S/C16H22ClN3/c1-4-16(6-5-7-16)10-20-14(12(3)17)19-13-8-11(2)9-18-15(13)20/h8-9,12H,4-7,10H2,1-3H3. The van der Waals surface area contributed by atoms with Crippen LogP contribution in [0.25, 0.3) is 11.2 Å². The zero-order chi connectivity index (χ0) is 14.3. The van der Waals surface area contributed by atoms with Crippen LogP contribution in [0, 0.1) is 12.3 Å². The molecule has 1 aliphatic carbocycles. The van der Waals surface area contributed by atoms with Gasteiger partial charge in [-0.15, -0.1) is 11.6 Å². The minimum Gasteiger partial charge on any atom is -0.311 e. The van der Waals surface area contributed by atoms with Crippen LogP contribution in [0.5, 0.6) is 0 Å². The number of nitrogens with zero attached hydrogens (tertiary/aromatic N) is 3. The van der Waals surface area contributed by atoms with Gasteiger partial charge in [-0.2, -0.15) is 0 Å². The highest BCUT2D eigenvalue weighted by molar-refractivity contribution is 6.20. The van der Waals surface area contributed by atoms with Gasteiger partial charge >= 0.3 is 0 Å². The molecule has 2 aromatic heterocycles. The van der Waals surface area contributed by atoms with Crippen molar-refractivity contribution < 1.29 is 0 Å². The van der Waals surface area contributed by atoms with Crippen molar-refractivity contribution in [1.29, 1.82) is 0 Å². The summed E-state index contributed by atoms with van der Waals surface area (Å²) in [6.45, 7) is 7.34. The summed E-state index contributed by atoms with van der Waals surface area (Å²) in [4.78, 5) is 9.32. The van der Waals surface area contributed by atoms with Gasteiger partial charge in [-0.05, 0) is 50.2 Å². The molecule has 0 spiro atoms. The largest absolute Gasteiger partial charge is 0.311 e. The fraction of sp³-hybridized carbons (Fsp3) is 0.625. The number of hydrogen-bond donors (Lipinski definition) is 0. The molecule has 20 heavy (non-hydrogen) atoms. The molecule has 0 aromatic carbocycles. The van der Waals surface area contributed by atoms with Gasteiger partial charge in [0.15, 0.2) is 5.65 Å². The van der Waals surface area contributed by atoms with Crippen molar-refractivity contribution in [2.75, 3.05) is 0 Å². The summed E-state index contributed by atoms with van der Waals surface area (Å²) < 4.78 is 2.26. The molecule has 1 aliphatic rings. The van der Waals surface area contributed by atoms with E-state index >= 15 is 0 Å². The number of pyridine rings is 1. The number of fused-ring (bicyclic) bond motifs is 1. The van der Waals surface area contributed by atoms with E-state index in [0.29, 0.717) is 5.41 Å². The molecule has 2 heterocycles. The predicted molar refractivity (Wildman–Crippen MR) is 83.1 cm³/mol. The number of hydrogen-bond acceptors (Lipinski definition) is 2. The second-order valence-corrected chi connectivity index (χ2v) is 6.89. The monoisotopic (exact) mass is 291 g/mol. The summed E-state index contributed by atoms with van der Waals surface area (Å²) >= 11 is 6.34. The van der Waals surface area contributed by atoms with E-state index in [1.807, 2.05) is 13.1 Å². The molecule has 0 saturated heterocycles. The molecule has 0 aliphatic heterocycles. The third kappa shape index (κ3) is 2.22. The van der Waals surface area contributed by atoms with Crippen LogP contribution >= 0.6 is 11.6 Å². The quantitative estimate of drug-likeness (QED) is 0.770. The summed E-state index contributed by atoms with van der Waals surface area (Å²) in [5.41, 5.74) is 3.53. The van der Waals surface area contributed by atoms with Gasteiger partial charge in [0.1, 0.15) is 11.3 Å². The minimum absolute atomic E-state index is 0.0847. The van der Waals surface area contributed by atoms with Crippen molar-refractivity contribution in [3.05, 3.63) is 23.7 Å². The van der Waals surface area contributed by atoms with Crippen LogP contribution in [0.4, 0.5) is 0 Å². The Balaban J connectivity index is 2.09. The molecule has 2 aromatic rings. The Bertz CT molecular complexity index is 620. The van der Waals surface area contributed by atoms with E-state index in [2.05, 4.69) is 29.5 Å². The lowest BCUT2D eigenvalue weighted by atomic mass is 9.67. The van der Waals surface area contributed by atoms with Gasteiger partial charge in [0.25, 0.3) is 0 Å². The Morgan fingerprint density at radius 3 is 2.75 bits per heavy atom. The van der Waals surface area contributed by atoms with Gasteiger partial charge in [-0.25, -0.2) is 9.97 Å². The van der Waals surface area contributed by atoms with Crippen molar-refractivity contribution >= 4 is 22.8 Å². The summed E-state index contributed by atoms with van der Waals surface area (Å²) in [6.07, 6.45) is 7.10. The topological polar surface area (TPSA) is 30.7 Å². The van der Waals surface area contributed by atoms with Gasteiger partial charge in [0, 0.05) is 12.7 Å². The fourth-order valence-corrected chi connectivity index (χ4v) is 3.39. The molecule has 108 valence electrons. The lowest BCUT2D eigenvalue weighted by molar-refractivity contribution is 0.100. The van der Waals surface area contributed by atoms with E-state index in [-0.39, 0.29) is 5.38 Å². The SMILES string of the molecule is CCC1(Cn2c(C(C)Cl)nc3cc(C)cnc32)CCC1. The molecule has 1 saturated carbocycles. The molecule has 0 bridgehead atoms.